The van der Waals surface area contributed by atoms with Crippen molar-refractivity contribution in [3.05, 3.63) is 29.8 Å². The summed E-state index contributed by atoms with van der Waals surface area (Å²) in [6.07, 6.45) is 3.24. The molecular formula is C17H25NO2. The molecule has 0 aliphatic carbocycles. The molecule has 0 aromatic heterocycles. The van der Waals surface area contributed by atoms with Crippen molar-refractivity contribution < 1.29 is 9.84 Å². The van der Waals surface area contributed by atoms with Crippen LogP contribution in [0.5, 0.6) is 5.75 Å². The number of ether oxygens (including phenoxy) is 1. The predicted molar refractivity (Wildman–Crippen MR) is 79.9 cm³/mol. The van der Waals surface area contributed by atoms with Gasteiger partial charge in [-0.15, -0.1) is 0 Å². The third kappa shape index (κ3) is 2.23. The van der Waals surface area contributed by atoms with Gasteiger partial charge in [-0.25, -0.2) is 0 Å². The van der Waals surface area contributed by atoms with Crippen LogP contribution in [0.1, 0.15) is 51.7 Å². The van der Waals surface area contributed by atoms with E-state index in [0.717, 1.165) is 17.9 Å². The third-order valence-corrected chi connectivity index (χ3v) is 4.83. The lowest BCUT2D eigenvalue weighted by Crippen LogP contribution is -2.61. The van der Waals surface area contributed by atoms with Crippen LogP contribution in [0.2, 0.25) is 0 Å². The van der Waals surface area contributed by atoms with Gasteiger partial charge in [0.25, 0.3) is 0 Å². The zero-order valence-corrected chi connectivity index (χ0v) is 12.7. The summed E-state index contributed by atoms with van der Waals surface area (Å²) in [6.45, 7) is 7.51. The lowest BCUT2D eigenvalue weighted by Gasteiger charge is -2.51. The summed E-state index contributed by atoms with van der Waals surface area (Å²) in [5, 5.41) is 10.9. The van der Waals surface area contributed by atoms with Gasteiger partial charge in [0.15, 0.2) is 0 Å². The number of aliphatic hydroxyl groups is 1. The van der Waals surface area contributed by atoms with E-state index in [9.17, 15) is 5.11 Å². The summed E-state index contributed by atoms with van der Waals surface area (Å²) >= 11 is 0. The van der Waals surface area contributed by atoms with E-state index in [1.807, 2.05) is 24.3 Å². The van der Waals surface area contributed by atoms with Gasteiger partial charge in [-0.1, -0.05) is 24.6 Å². The zero-order valence-electron chi connectivity index (χ0n) is 12.7. The van der Waals surface area contributed by atoms with Crippen molar-refractivity contribution in [2.24, 2.45) is 0 Å². The number of para-hydroxylation sites is 1. The average Bonchev–Trinajstić information content (AvgIpc) is 2.40. The summed E-state index contributed by atoms with van der Waals surface area (Å²) in [6, 6.07) is 8.41. The summed E-state index contributed by atoms with van der Waals surface area (Å²) in [4.78, 5) is 2.45. The maximum absolute atomic E-state index is 10.9. The zero-order chi connectivity index (χ0) is 14.3. The highest BCUT2D eigenvalue weighted by Gasteiger charge is 2.47. The van der Waals surface area contributed by atoms with Crippen molar-refractivity contribution in [3.8, 4) is 5.75 Å². The maximum atomic E-state index is 10.9. The molecule has 0 spiro atoms. The van der Waals surface area contributed by atoms with Crippen LogP contribution >= 0.6 is 0 Å². The Morgan fingerprint density at radius 1 is 1.25 bits per heavy atom. The Morgan fingerprint density at radius 3 is 2.75 bits per heavy atom. The van der Waals surface area contributed by atoms with Gasteiger partial charge in [-0.3, -0.25) is 4.90 Å². The molecule has 1 aromatic rings. The lowest BCUT2D eigenvalue weighted by molar-refractivity contribution is -0.100. The van der Waals surface area contributed by atoms with E-state index in [-0.39, 0.29) is 11.6 Å². The highest BCUT2D eigenvalue weighted by atomic mass is 16.5. The molecule has 20 heavy (non-hydrogen) atoms. The lowest BCUT2D eigenvalue weighted by atomic mass is 9.83. The van der Waals surface area contributed by atoms with Gasteiger partial charge in [0, 0.05) is 11.6 Å². The second-order valence-electron chi connectivity index (χ2n) is 6.72. The van der Waals surface area contributed by atoms with Gasteiger partial charge in [0.05, 0.1) is 6.04 Å². The number of rotatable bonds is 1. The fraction of sp³-hybridized carbons (Fsp3) is 0.647. The number of aliphatic hydroxyl groups excluding tert-OH is 1. The molecule has 3 unspecified atom stereocenters. The standard InChI is InChI=1S/C17H25NO2/c1-12-8-6-7-11-18(12)16-15(19)13-9-4-5-10-14(13)20-17(16,2)3/h4-5,9-10,12,15-16,19H,6-8,11H2,1-3H3. The Hall–Kier alpha value is -1.06. The van der Waals surface area contributed by atoms with E-state index in [0.29, 0.717) is 6.04 Å². The Labute approximate surface area is 121 Å². The number of nitrogens with zero attached hydrogens (tertiary/aromatic N) is 1. The van der Waals surface area contributed by atoms with E-state index < -0.39 is 6.10 Å². The van der Waals surface area contributed by atoms with Crippen molar-refractivity contribution >= 4 is 0 Å². The first-order valence-corrected chi connectivity index (χ1v) is 7.72. The topological polar surface area (TPSA) is 32.7 Å². The van der Waals surface area contributed by atoms with Crippen LogP contribution in [0.3, 0.4) is 0 Å². The van der Waals surface area contributed by atoms with Crippen LogP contribution in [0.25, 0.3) is 0 Å². The molecule has 0 saturated carbocycles. The molecule has 3 rings (SSSR count). The van der Waals surface area contributed by atoms with E-state index in [1.165, 1.54) is 19.3 Å². The molecule has 0 radical (unpaired) electrons. The molecule has 2 aliphatic heterocycles. The fourth-order valence-corrected chi connectivity index (χ4v) is 3.83. The molecule has 1 aromatic carbocycles. The first-order valence-electron chi connectivity index (χ1n) is 7.72. The molecule has 3 nitrogen and oxygen atoms in total. The van der Waals surface area contributed by atoms with E-state index in [1.54, 1.807) is 0 Å². The van der Waals surface area contributed by atoms with Crippen LogP contribution in [-0.4, -0.2) is 34.2 Å². The minimum Gasteiger partial charge on any atom is -0.486 e. The number of likely N-dealkylation sites (tertiary alicyclic amines) is 1. The molecule has 3 atom stereocenters. The number of hydrogen-bond acceptors (Lipinski definition) is 3. The largest absolute Gasteiger partial charge is 0.486 e. The molecule has 1 N–H and O–H groups in total. The molecule has 110 valence electrons. The average molecular weight is 275 g/mol. The minimum atomic E-state index is -0.476. The first-order chi connectivity index (χ1) is 9.50. The Balaban J connectivity index is 1.97. The fourth-order valence-electron chi connectivity index (χ4n) is 3.83. The summed E-state index contributed by atoms with van der Waals surface area (Å²) < 4.78 is 6.20. The smallest absolute Gasteiger partial charge is 0.126 e. The van der Waals surface area contributed by atoms with Crippen LogP contribution in [-0.2, 0) is 0 Å². The van der Waals surface area contributed by atoms with Crippen molar-refractivity contribution in [1.82, 2.24) is 4.90 Å². The summed E-state index contributed by atoms with van der Waals surface area (Å²) in [7, 11) is 0. The molecule has 0 bridgehead atoms. The van der Waals surface area contributed by atoms with E-state index in [4.69, 9.17) is 4.74 Å². The van der Waals surface area contributed by atoms with Crippen molar-refractivity contribution in [1.29, 1.82) is 0 Å². The molecule has 2 aliphatic rings. The molecule has 3 heteroatoms. The number of benzene rings is 1. The van der Waals surface area contributed by atoms with Crippen LogP contribution < -0.4 is 4.74 Å². The van der Waals surface area contributed by atoms with E-state index >= 15 is 0 Å². The Morgan fingerprint density at radius 2 is 2.00 bits per heavy atom. The second kappa shape index (κ2) is 5.05. The minimum absolute atomic E-state index is 0.0210. The predicted octanol–water partition coefficient (Wildman–Crippen LogP) is 3.13. The number of piperidine rings is 1. The highest BCUT2D eigenvalue weighted by Crippen LogP contribution is 2.43. The Kier molecular flexibility index (Phi) is 3.51. The van der Waals surface area contributed by atoms with Crippen molar-refractivity contribution in [2.45, 2.75) is 63.8 Å². The van der Waals surface area contributed by atoms with Gasteiger partial charge in [0.2, 0.25) is 0 Å². The summed E-state index contributed by atoms with van der Waals surface area (Å²) in [5.74, 6) is 0.825. The van der Waals surface area contributed by atoms with Crippen molar-refractivity contribution in [3.63, 3.8) is 0 Å². The molecule has 1 fully saturated rings. The van der Waals surface area contributed by atoms with Gasteiger partial charge in [-0.2, -0.15) is 0 Å². The van der Waals surface area contributed by atoms with Gasteiger partial charge < -0.3 is 9.84 Å². The molecule has 1 saturated heterocycles. The van der Waals surface area contributed by atoms with Crippen molar-refractivity contribution in [2.75, 3.05) is 6.54 Å². The molecular weight excluding hydrogens is 250 g/mol. The molecule has 2 heterocycles. The number of fused-ring (bicyclic) bond motifs is 1. The number of hydrogen-bond donors (Lipinski definition) is 1. The monoisotopic (exact) mass is 275 g/mol. The van der Waals surface area contributed by atoms with Gasteiger partial charge in [0.1, 0.15) is 17.5 Å². The Bertz CT molecular complexity index is 486. The van der Waals surface area contributed by atoms with Gasteiger partial charge in [-0.05, 0) is 46.2 Å². The van der Waals surface area contributed by atoms with Crippen LogP contribution in [0.15, 0.2) is 24.3 Å². The SMILES string of the molecule is CC1CCCCN1C1C(O)c2ccccc2OC1(C)C. The quantitative estimate of drug-likeness (QED) is 0.854. The normalized spacial score (nSPS) is 33.3. The summed E-state index contributed by atoms with van der Waals surface area (Å²) in [5.41, 5.74) is 0.550. The maximum Gasteiger partial charge on any atom is 0.126 e. The first kappa shape index (κ1) is 13.9. The second-order valence-corrected chi connectivity index (χ2v) is 6.72. The highest BCUT2D eigenvalue weighted by molar-refractivity contribution is 5.39. The van der Waals surface area contributed by atoms with Crippen LogP contribution in [0.4, 0.5) is 0 Å². The van der Waals surface area contributed by atoms with Crippen LogP contribution in [0, 0.1) is 0 Å². The van der Waals surface area contributed by atoms with Gasteiger partial charge >= 0.3 is 0 Å². The third-order valence-electron chi connectivity index (χ3n) is 4.83. The van der Waals surface area contributed by atoms with E-state index in [2.05, 4.69) is 25.7 Å². The molecule has 0 amide bonds.